The lowest BCUT2D eigenvalue weighted by atomic mass is 10.1. The summed E-state index contributed by atoms with van der Waals surface area (Å²) in [7, 11) is 0. The van der Waals surface area contributed by atoms with Crippen LogP contribution in [-0.4, -0.2) is 16.8 Å². The fraction of sp³-hybridized carbons (Fsp3) is 0.588. The number of anilines is 1. The summed E-state index contributed by atoms with van der Waals surface area (Å²) in [6.45, 7) is 0.741. The first-order valence-corrected chi connectivity index (χ1v) is 7.89. The molecule has 3 fully saturated rings. The third-order valence-electron chi connectivity index (χ3n) is 5.27. The largest absolute Gasteiger partial charge is 0.399 e. The molecule has 3 aliphatic rings. The average molecular weight is 270 g/mol. The Hall–Kier alpha value is -1.51. The van der Waals surface area contributed by atoms with Crippen LogP contribution in [0.2, 0.25) is 0 Å². The highest BCUT2D eigenvalue weighted by atomic mass is 16.2. The number of rotatable bonds is 4. The molecule has 4 rings (SSSR count). The van der Waals surface area contributed by atoms with E-state index in [1.165, 1.54) is 32.1 Å². The third kappa shape index (κ3) is 2.09. The molecule has 0 spiro atoms. The molecule has 0 radical (unpaired) electrons. The lowest BCUT2D eigenvalue weighted by molar-refractivity contribution is -0.134. The fourth-order valence-corrected chi connectivity index (χ4v) is 4.04. The van der Waals surface area contributed by atoms with Crippen molar-refractivity contribution in [2.24, 2.45) is 17.8 Å². The molecule has 1 amide bonds. The van der Waals surface area contributed by atoms with Gasteiger partial charge in [0.05, 0.1) is 0 Å². The maximum atomic E-state index is 12.8. The van der Waals surface area contributed by atoms with Gasteiger partial charge in [-0.1, -0.05) is 18.6 Å². The third-order valence-corrected chi connectivity index (χ3v) is 5.27. The van der Waals surface area contributed by atoms with Crippen molar-refractivity contribution in [3.05, 3.63) is 29.8 Å². The van der Waals surface area contributed by atoms with Crippen molar-refractivity contribution in [3.8, 4) is 0 Å². The summed E-state index contributed by atoms with van der Waals surface area (Å²) in [4.78, 5) is 14.9. The van der Waals surface area contributed by atoms with Gasteiger partial charge in [-0.2, -0.15) is 0 Å². The molecule has 3 saturated carbocycles. The van der Waals surface area contributed by atoms with Crippen LogP contribution in [0.1, 0.15) is 37.7 Å². The molecule has 2 unspecified atom stereocenters. The number of benzene rings is 1. The van der Waals surface area contributed by atoms with Crippen LogP contribution < -0.4 is 5.73 Å². The zero-order valence-electron chi connectivity index (χ0n) is 11.8. The van der Waals surface area contributed by atoms with Crippen LogP contribution >= 0.6 is 0 Å². The van der Waals surface area contributed by atoms with Gasteiger partial charge >= 0.3 is 0 Å². The number of nitrogen functional groups attached to an aromatic ring is 1. The second-order valence-corrected chi connectivity index (χ2v) is 6.73. The molecule has 20 heavy (non-hydrogen) atoms. The molecular formula is C17H22N2O. The van der Waals surface area contributed by atoms with E-state index in [1.54, 1.807) is 0 Å². The van der Waals surface area contributed by atoms with Crippen molar-refractivity contribution in [3.63, 3.8) is 0 Å². The minimum atomic E-state index is 0.352. The zero-order valence-corrected chi connectivity index (χ0v) is 11.8. The number of carbonyl (C=O) groups is 1. The summed E-state index contributed by atoms with van der Waals surface area (Å²) in [6, 6.07) is 8.44. The molecule has 2 atom stereocenters. The number of nitrogens with zero attached hydrogens (tertiary/aromatic N) is 1. The molecule has 1 aromatic carbocycles. The van der Waals surface area contributed by atoms with E-state index in [-0.39, 0.29) is 0 Å². The molecule has 0 aliphatic heterocycles. The molecule has 0 heterocycles. The van der Waals surface area contributed by atoms with Gasteiger partial charge in [0.15, 0.2) is 0 Å². The Kier molecular flexibility index (Phi) is 2.76. The van der Waals surface area contributed by atoms with Crippen molar-refractivity contribution in [2.45, 2.75) is 44.7 Å². The van der Waals surface area contributed by atoms with Gasteiger partial charge < -0.3 is 10.6 Å². The average Bonchev–Trinajstić information content (AvgIpc) is 3.34. The number of hydrogen-bond donors (Lipinski definition) is 1. The van der Waals surface area contributed by atoms with Crippen LogP contribution in [0, 0.1) is 17.8 Å². The Bertz CT molecular complexity index is 528. The summed E-state index contributed by atoms with van der Waals surface area (Å²) in [5.41, 5.74) is 7.79. The smallest absolute Gasteiger partial charge is 0.226 e. The molecule has 3 heteroatoms. The van der Waals surface area contributed by atoms with Gasteiger partial charge in [0, 0.05) is 24.2 Å². The molecule has 0 bridgehead atoms. The Morgan fingerprint density at radius 2 is 1.95 bits per heavy atom. The quantitative estimate of drug-likeness (QED) is 0.855. The molecule has 2 N–H and O–H groups in total. The van der Waals surface area contributed by atoms with Crippen LogP contribution in [0.15, 0.2) is 24.3 Å². The van der Waals surface area contributed by atoms with Gasteiger partial charge in [-0.3, -0.25) is 4.79 Å². The fourth-order valence-electron chi connectivity index (χ4n) is 4.04. The number of amides is 1. The number of fused-ring (bicyclic) bond motifs is 1. The van der Waals surface area contributed by atoms with Crippen molar-refractivity contribution in [1.82, 2.24) is 4.90 Å². The SMILES string of the molecule is Nc1cccc(CN(C(=O)C2C3CCCC32)C2CC2)c1. The summed E-state index contributed by atoms with van der Waals surface area (Å²) in [5, 5.41) is 0. The number of carbonyl (C=O) groups excluding carboxylic acids is 1. The lowest BCUT2D eigenvalue weighted by Gasteiger charge is -2.23. The topological polar surface area (TPSA) is 46.3 Å². The van der Waals surface area contributed by atoms with E-state index in [0.29, 0.717) is 29.7 Å². The molecule has 106 valence electrons. The van der Waals surface area contributed by atoms with E-state index in [2.05, 4.69) is 11.0 Å². The van der Waals surface area contributed by atoms with E-state index >= 15 is 0 Å². The standard InChI is InChI=1S/C17H22N2O/c18-12-4-1-3-11(9-12)10-19(13-7-8-13)17(20)16-14-5-2-6-15(14)16/h1,3-4,9,13-16H,2,5-8,10,18H2. The van der Waals surface area contributed by atoms with Crippen molar-refractivity contribution < 1.29 is 4.79 Å². The minimum absolute atomic E-state index is 0.352. The number of nitrogens with two attached hydrogens (primary N) is 1. The first-order chi connectivity index (χ1) is 9.74. The summed E-state index contributed by atoms with van der Waals surface area (Å²) in [5.74, 6) is 2.20. The zero-order chi connectivity index (χ0) is 13.7. The van der Waals surface area contributed by atoms with Crippen molar-refractivity contribution in [1.29, 1.82) is 0 Å². The van der Waals surface area contributed by atoms with E-state index in [4.69, 9.17) is 5.73 Å². The molecule has 3 aliphatic carbocycles. The van der Waals surface area contributed by atoms with E-state index < -0.39 is 0 Å². The van der Waals surface area contributed by atoms with Crippen LogP contribution in [0.5, 0.6) is 0 Å². The van der Waals surface area contributed by atoms with Crippen LogP contribution in [0.4, 0.5) is 5.69 Å². The molecular weight excluding hydrogens is 248 g/mol. The van der Waals surface area contributed by atoms with E-state index in [1.807, 2.05) is 18.2 Å². The van der Waals surface area contributed by atoms with Gasteiger partial charge in [-0.05, 0) is 55.2 Å². The highest BCUT2D eigenvalue weighted by Gasteiger charge is 2.58. The van der Waals surface area contributed by atoms with Crippen molar-refractivity contribution in [2.75, 3.05) is 5.73 Å². The maximum absolute atomic E-state index is 12.8. The highest BCUT2D eigenvalue weighted by molar-refractivity contribution is 5.83. The first kappa shape index (κ1) is 12.2. The van der Waals surface area contributed by atoms with Gasteiger partial charge in [0.1, 0.15) is 0 Å². The first-order valence-electron chi connectivity index (χ1n) is 7.89. The molecule has 1 aromatic rings. The van der Waals surface area contributed by atoms with Crippen molar-refractivity contribution >= 4 is 11.6 Å². The van der Waals surface area contributed by atoms with E-state index in [0.717, 1.165) is 17.8 Å². The normalized spacial score (nSPS) is 30.9. The van der Waals surface area contributed by atoms with E-state index in [9.17, 15) is 4.79 Å². The summed E-state index contributed by atoms with van der Waals surface area (Å²) < 4.78 is 0. The molecule has 0 saturated heterocycles. The highest BCUT2D eigenvalue weighted by Crippen LogP contribution is 2.58. The van der Waals surface area contributed by atoms with Gasteiger partial charge in [-0.15, -0.1) is 0 Å². The maximum Gasteiger partial charge on any atom is 0.226 e. The second-order valence-electron chi connectivity index (χ2n) is 6.73. The summed E-state index contributed by atoms with van der Waals surface area (Å²) >= 11 is 0. The van der Waals surface area contributed by atoms with Crippen LogP contribution in [0.3, 0.4) is 0 Å². The predicted molar refractivity (Wildman–Crippen MR) is 78.7 cm³/mol. The Morgan fingerprint density at radius 3 is 2.60 bits per heavy atom. The second kappa shape index (κ2) is 4.51. The van der Waals surface area contributed by atoms with Crippen LogP contribution in [-0.2, 0) is 11.3 Å². The summed E-state index contributed by atoms with van der Waals surface area (Å²) in [6.07, 6.45) is 6.24. The Balaban J connectivity index is 1.49. The molecule has 0 aromatic heterocycles. The Labute approximate surface area is 120 Å². The molecule has 3 nitrogen and oxygen atoms in total. The lowest BCUT2D eigenvalue weighted by Crippen LogP contribution is -2.34. The van der Waals surface area contributed by atoms with Gasteiger partial charge in [0.25, 0.3) is 0 Å². The monoisotopic (exact) mass is 270 g/mol. The van der Waals surface area contributed by atoms with Crippen LogP contribution in [0.25, 0.3) is 0 Å². The Morgan fingerprint density at radius 1 is 1.20 bits per heavy atom. The number of hydrogen-bond acceptors (Lipinski definition) is 2. The van der Waals surface area contributed by atoms with Gasteiger partial charge in [-0.25, -0.2) is 0 Å². The van der Waals surface area contributed by atoms with Gasteiger partial charge in [0.2, 0.25) is 5.91 Å². The minimum Gasteiger partial charge on any atom is -0.399 e. The predicted octanol–water partition coefficient (Wildman–Crippen LogP) is 2.81.